The van der Waals surface area contributed by atoms with E-state index in [1.165, 1.54) is 12.1 Å². The second kappa shape index (κ2) is 8.06. The number of carbonyl (C=O) groups is 2. The Morgan fingerprint density at radius 3 is 2.96 bits per heavy atom. The lowest BCUT2D eigenvalue weighted by Gasteiger charge is -2.12. The summed E-state index contributed by atoms with van der Waals surface area (Å²) < 4.78 is 18.7. The third-order valence-corrected chi connectivity index (χ3v) is 4.09. The van der Waals surface area contributed by atoms with Crippen molar-refractivity contribution in [2.45, 2.75) is 31.5 Å². The summed E-state index contributed by atoms with van der Waals surface area (Å²) in [5, 5.41) is 9.08. The summed E-state index contributed by atoms with van der Waals surface area (Å²) in [5.74, 6) is -1.09. The lowest BCUT2D eigenvalue weighted by Crippen LogP contribution is -2.43. The van der Waals surface area contributed by atoms with Crippen molar-refractivity contribution in [3.63, 3.8) is 0 Å². The molecule has 134 valence electrons. The molecule has 1 fully saturated rings. The van der Waals surface area contributed by atoms with Gasteiger partial charge in [0.1, 0.15) is 5.82 Å². The molecule has 8 heteroatoms. The minimum atomic E-state index is -0.816. The van der Waals surface area contributed by atoms with Crippen molar-refractivity contribution in [1.29, 1.82) is 0 Å². The van der Waals surface area contributed by atoms with Crippen LogP contribution in [0, 0.1) is 5.82 Å². The number of ether oxygens (including phenoxy) is 1. The summed E-state index contributed by atoms with van der Waals surface area (Å²) >= 11 is 0. The molecule has 0 bridgehead atoms. The van der Waals surface area contributed by atoms with Crippen LogP contribution in [0.2, 0.25) is 0 Å². The van der Waals surface area contributed by atoms with Gasteiger partial charge in [-0.05, 0) is 25.0 Å². The largest absolute Gasteiger partial charge is 0.382 e. The molecule has 2 heterocycles. The molecular weight excluding hydrogens is 329 g/mol. The van der Waals surface area contributed by atoms with Crippen molar-refractivity contribution in [3.8, 4) is 0 Å². The number of carbonyl (C=O) groups excluding carboxylic acids is 2. The lowest BCUT2D eigenvalue weighted by molar-refractivity contribution is -0.133. The maximum atomic E-state index is 13.2. The maximum Gasteiger partial charge on any atom is 0.264 e. The van der Waals surface area contributed by atoms with Crippen molar-refractivity contribution in [2.75, 3.05) is 19.7 Å². The number of nitrogens with one attached hydrogen (secondary N) is 2. The van der Waals surface area contributed by atoms with Gasteiger partial charge in [-0.15, -0.1) is 0 Å². The van der Waals surface area contributed by atoms with E-state index in [9.17, 15) is 14.0 Å². The van der Waals surface area contributed by atoms with Crippen LogP contribution >= 0.6 is 0 Å². The minimum Gasteiger partial charge on any atom is -0.382 e. The molecule has 0 aromatic heterocycles. The second-order valence-electron chi connectivity index (χ2n) is 6.00. The number of benzene rings is 1. The van der Waals surface area contributed by atoms with E-state index in [1.54, 1.807) is 12.1 Å². The Hall–Kier alpha value is -2.48. The van der Waals surface area contributed by atoms with Crippen molar-refractivity contribution in [1.82, 2.24) is 10.6 Å². The Bertz CT molecular complexity index is 674. The van der Waals surface area contributed by atoms with Crippen molar-refractivity contribution < 1.29 is 23.6 Å². The average Bonchev–Trinajstić information content (AvgIpc) is 3.29. The molecule has 2 aliphatic heterocycles. The lowest BCUT2D eigenvalue weighted by atomic mass is 10.0. The highest BCUT2D eigenvalue weighted by molar-refractivity contribution is 6.04. The molecule has 1 aromatic rings. The topological polar surface area (TPSA) is 89.0 Å². The summed E-state index contributed by atoms with van der Waals surface area (Å²) in [6.45, 7) is 1.03. The summed E-state index contributed by atoms with van der Waals surface area (Å²) in [6, 6.07) is 5.93. The third-order valence-electron chi connectivity index (χ3n) is 4.09. The maximum absolute atomic E-state index is 13.2. The number of hydrogen-bond acceptors (Lipinski definition) is 5. The standard InChI is InChI=1S/C17H20FN3O4/c18-12-4-1-3-11(7-12)14-8-15(25-21-14)17(23)20-10-16(22)19-9-13-5-2-6-24-13/h1,3-4,7,13,15H,2,5-6,8-10H2,(H,19,22)(H,20,23). The highest BCUT2D eigenvalue weighted by Gasteiger charge is 2.29. The summed E-state index contributed by atoms with van der Waals surface area (Å²) in [7, 11) is 0. The fraction of sp³-hybridized carbons (Fsp3) is 0.471. The molecule has 2 atom stereocenters. The molecule has 1 saturated heterocycles. The van der Waals surface area contributed by atoms with Gasteiger partial charge in [0, 0.05) is 25.1 Å². The fourth-order valence-electron chi connectivity index (χ4n) is 2.73. The van der Waals surface area contributed by atoms with Gasteiger partial charge in [-0.25, -0.2) is 4.39 Å². The van der Waals surface area contributed by atoms with Crippen LogP contribution in [-0.2, 0) is 19.2 Å². The molecule has 3 rings (SSSR count). The zero-order chi connectivity index (χ0) is 17.6. The third kappa shape index (κ3) is 4.76. The first kappa shape index (κ1) is 17.3. The monoisotopic (exact) mass is 349 g/mol. The highest BCUT2D eigenvalue weighted by atomic mass is 19.1. The normalized spacial score (nSPS) is 22.2. The number of amides is 2. The smallest absolute Gasteiger partial charge is 0.264 e. The molecule has 2 N–H and O–H groups in total. The minimum absolute atomic E-state index is 0.0556. The van der Waals surface area contributed by atoms with E-state index in [0.29, 0.717) is 17.8 Å². The zero-order valence-corrected chi connectivity index (χ0v) is 13.7. The molecule has 2 aliphatic rings. The summed E-state index contributed by atoms with van der Waals surface area (Å²) in [4.78, 5) is 28.9. The number of oxime groups is 1. The van der Waals surface area contributed by atoms with Crippen LogP contribution in [0.3, 0.4) is 0 Å². The molecular formula is C17H20FN3O4. The van der Waals surface area contributed by atoms with E-state index in [4.69, 9.17) is 9.57 Å². The van der Waals surface area contributed by atoms with Gasteiger partial charge in [-0.1, -0.05) is 17.3 Å². The number of halogens is 1. The predicted molar refractivity (Wildman–Crippen MR) is 87.4 cm³/mol. The van der Waals surface area contributed by atoms with Crippen LogP contribution in [0.1, 0.15) is 24.8 Å². The van der Waals surface area contributed by atoms with Crippen LogP contribution in [0.15, 0.2) is 29.4 Å². The molecule has 0 radical (unpaired) electrons. The van der Waals surface area contributed by atoms with Crippen LogP contribution in [0.4, 0.5) is 4.39 Å². The van der Waals surface area contributed by atoms with Crippen LogP contribution < -0.4 is 10.6 Å². The molecule has 2 amide bonds. The second-order valence-corrected chi connectivity index (χ2v) is 6.00. The SMILES string of the molecule is O=C(CNC(=O)C1CC(c2cccc(F)c2)=NO1)NCC1CCCO1. The molecule has 7 nitrogen and oxygen atoms in total. The molecule has 25 heavy (non-hydrogen) atoms. The van der Waals surface area contributed by atoms with Crippen molar-refractivity contribution in [2.24, 2.45) is 5.16 Å². The van der Waals surface area contributed by atoms with E-state index >= 15 is 0 Å². The fourth-order valence-corrected chi connectivity index (χ4v) is 2.73. The van der Waals surface area contributed by atoms with Crippen LogP contribution in [0.25, 0.3) is 0 Å². The van der Waals surface area contributed by atoms with E-state index < -0.39 is 12.0 Å². The van der Waals surface area contributed by atoms with Gasteiger partial charge in [-0.2, -0.15) is 0 Å². The Morgan fingerprint density at radius 2 is 2.20 bits per heavy atom. The summed E-state index contributed by atoms with van der Waals surface area (Å²) in [6.07, 6.45) is 1.41. The first-order valence-corrected chi connectivity index (χ1v) is 8.26. The predicted octanol–water partition coefficient (Wildman–Crippen LogP) is 0.730. The van der Waals surface area contributed by atoms with Gasteiger partial charge in [0.15, 0.2) is 0 Å². The highest BCUT2D eigenvalue weighted by Crippen LogP contribution is 2.17. The Balaban J connectivity index is 1.40. The Labute approximate surface area is 144 Å². The van der Waals surface area contributed by atoms with E-state index in [-0.39, 0.29) is 30.8 Å². The Morgan fingerprint density at radius 1 is 1.32 bits per heavy atom. The van der Waals surface area contributed by atoms with Gasteiger partial charge in [0.05, 0.1) is 18.4 Å². The molecule has 1 aromatic carbocycles. The zero-order valence-electron chi connectivity index (χ0n) is 13.7. The molecule has 0 spiro atoms. The average molecular weight is 349 g/mol. The number of nitrogens with zero attached hydrogens (tertiary/aromatic N) is 1. The van der Waals surface area contributed by atoms with Crippen molar-refractivity contribution >= 4 is 17.5 Å². The van der Waals surface area contributed by atoms with Gasteiger partial charge in [0.2, 0.25) is 12.0 Å². The van der Waals surface area contributed by atoms with Crippen LogP contribution in [0.5, 0.6) is 0 Å². The number of rotatable bonds is 6. The van der Waals surface area contributed by atoms with Gasteiger partial charge >= 0.3 is 0 Å². The van der Waals surface area contributed by atoms with Gasteiger partial charge in [0.25, 0.3) is 5.91 Å². The molecule has 0 saturated carbocycles. The Kier molecular flexibility index (Phi) is 5.60. The quantitative estimate of drug-likeness (QED) is 0.792. The first-order valence-electron chi connectivity index (χ1n) is 8.26. The van der Waals surface area contributed by atoms with E-state index in [2.05, 4.69) is 15.8 Å². The first-order chi connectivity index (χ1) is 12.1. The van der Waals surface area contributed by atoms with E-state index in [1.807, 2.05) is 0 Å². The summed E-state index contributed by atoms with van der Waals surface area (Å²) in [5.41, 5.74) is 1.08. The van der Waals surface area contributed by atoms with Crippen molar-refractivity contribution in [3.05, 3.63) is 35.6 Å². The van der Waals surface area contributed by atoms with Gasteiger partial charge in [-0.3, -0.25) is 9.59 Å². The molecule has 2 unspecified atom stereocenters. The van der Waals surface area contributed by atoms with Crippen LogP contribution in [-0.4, -0.2) is 49.4 Å². The molecule has 0 aliphatic carbocycles. The van der Waals surface area contributed by atoms with E-state index in [0.717, 1.165) is 19.4 Å². The van der Waals surface area contributed by atoms with Gasteiger partial charge < -0.3 is 20.2 Å². The number of hydrogen-bond donors (Lipinski definition) is 2.